The summed E-state index contributed by atoms with van der Waals surface area (Å²) in [5.41, 5.74) is 2.08. The fourth-order valence-electron chi connectivity index (χ4n) is 2.93. The lowest BCUT2D eigenvalue weighted by Gasteiger charge is -2.26. The third-order valence-corrected chi connectivity index (χ3v) is 5.16. The van der Waals surface area contributed by atoms with Crippen LogP contribution in [0.4, 0.5) is 10.5 Å². The topological polar surface area (TPSA) is 79.6 Å². The number of furan rings is 1. The number of halogens is 1. The molecule has 0 bridgehead atoms. The van der Waals surface area contributed by atoms with Gasteiger partial charge >= 0.3 is 6.03 Å². The van der Waals surface area contributed by atoms with Gasteiger partial charge in [-0.1, -0.05) is 29.8 Å². The highest BCUT2D eigenvalue weighted by atomic mass is 127. The Hall–Kier alpha value is -3.20. The van der Waals surface area contributed by atoms with Crippen LogP contribution in [0.25, 0.3) is 17.4 Å². The Morgan fingerprint density at radius 3 is 2.31 bits per heavy atom. The first kappa shape index (κ1) is 19.1. The monoisotopic (exact) mass is 498 g/mol. The number of barbiturate groups is 1. The first-order chi connectivity index (χ1) is 13.9. The molecule has 4 rings (SSSR count). The molecule has 1 saturated heterocycles. The zero-order valence-corrected chi connectivity index (χ0v) is 17.5. The number of amides is 4. The number of anilines is 1. The fraction of sp³-hybridized carbons (Fsp3) is 0.0455. The van der Waals surface area contributed by atoms with Crippen molar-refractivity contribution in [2.45, 2.75) is 6.92 Å². The number of nitrogens with zero attached hydrogens (tertiary/aromatic N) is 1. The molecule has 2 aromatic carbocycles. The summed E-state index contributed by atoms with van der Waals surface area (Å²) >= 11 is 2.22. The van der Waals surface area contributed by atoms with E-state index in [-0.39, 0.29) is 5.57 Å². The van der Waals surface area contributed by atoms with Gasteiger partial charge < -0.3 is 4.42 Å². The summed E-state index contributed by atoms with van der Waals surface area (Å²) in [5, 5.41) is 2.20. The Morgan fingerprint density at radius 2 is 1.62 bits per heavy atom. The van der Waals surface area contributed by atoms with Crippen LogP contribution < -0.4 is 10.2 Å². The van der Waals surface area contributed by atoms with Gasteiger partial charge in [0.1, 0.15) is 17.1 Å². The maximum Gasteiger partial charge on any atom is 0.335 e. The molecule has 4 amide bonds. The molecule has 0 radical (unpaired) electrons. The zero-order valence-electron chi connectivity index (χ0n) is 15.3. The Kier molecular flexibility index (Phi) is 5.06. The minimum Gasteiger partial charge on any atom is -0.457 e. The summed E-state index contributed by atoms with van der Waals surface area (Å²) in [6.07, 6.45) is 1.35. The maximum absolute atomic E-state index is 12.9. The SMILES string of the molecule is Cc1ccc(N2C(=O)NC(=O)/C(=C/c3ccc(-c4ccc(I)cc4)o3)C2=O)cc1. The molecular weight excluding hydrogens is 483 g/mol. The number of hydrogen-bond acceptors (Lipinski definition) is 4. The highest BCUT2D eigenvalue weighted by Crippen LogP contribution is 2.26. The van der Waals surface area contributed by atoms with Crippen LogP contribution in [-0.2, 0) is 9.59 Å². The Labute approximate surface area is 180 Å². The van der Waals surface area contributed by atoms with Crippen LogP contribution in [0.15, 0.2) is 70.7 Å². The van der Waals surface area contributed by atoms with Gasteiger partial charge in [-0.3, -0.25) is 14.9 Å². The molecule has 0 atom stereocenters. The molecule has 1 fully saturated rings. The normalized spacial score (nSPS) is 15.7. The quantitative estimate of drug-likeness (QED) is 0.327. The molecular formula is C22H15IN2O4. The predicted octanol–water partition coefficient (Wildman–Crippen LogP) is 4.53. The van der Waals surface area contributed by atoms with Crippen molar-refractivity contribution in [3.8, 4) is 11.3 Å². The number of carbonyl (C=O) groups is 3. The van der Waals surface area contributed by atoms with E-state index >= 15 is 0 Å². The van der Waals surface area contributed by atoms with E-state index in [1.54, 1.807) is 36.4 Å². The third kappa shape index (κ3) is 3.86. The number of hydrogen-bond donors (Lipinski definition) is 1. The van der Waals surface area contributed by atoms with Crippen molar-refractivity contribution in [3.05, 3.63) is 81.1 Å². The standard InChI is InChI=1S/C22H15IN2O4/c1-13-2-8-16(9-3-13)25-21(27)18(20(26)24-22(25)28)12-17-10-11-19(29-17)14-4-6-15(23)7-5-14/h2-12H,1H3,(H,24,26,28)/b18-12-. The number of benzene rings is 2. The second-order valence-corrected chi connectivity index (χ2v) is 7.75. The van der Waals surface area contributed by atoms with Gasteiger partial charge in [-0.25, -0.2) is 9.69 Å². The van der Waals surface area contributed by atoms with Gasteiger partial charge in [0.05, 0.1) is 5.69 Å². The lowest BCUT2D eigenvalue weighted by Crippen LogP contribution is -2.54. The average molecular weight is 498 g/mol. The molecule has 2 heterocycles. The summed E-state index contributed by atoms with van der Waals surface area (Å²) < 4.78 is 6.88. The number of urea groups is 1. The second kappa shape index (κ2) is 7.67. The lowest BCUT2D eigenvalue weighted by molar-refractivity contribution is -0.122. The molecule has 7 heteroatoms. The summed E-state index contributed by atoms with van der Waals surface area (Å²) in [5.74, 6) is -0.496. The molecule has 1 aromatic heterocycles. The van der Waals surface area contributed by atoms with Crippen molar-refractivity contribution in [2.75, 3.05) is 4.90 Å². The molecule has 144 valence electrons. The molecule has 1 aliphatic rings. The maximum atomic E-state index is 12.9. The van der Waals surface area contributed by atoms with Crippen molar-refractivity contribution in [3.63, 3.8) is 0 Å². The van der Waals surface area contributed by atoms with E-state index in [4.69, 9.17) is 4.42 Å². The van der Waals surface area contributed by atoms with E-state index in [9.17, 15) is 14.4 Å². The molecule has 29 heavy (non-hydrogen) atoms. The van der Waals surface area contributed by atoms with E-state index in [2.05, 4.69) is 27.9 Å². The van der Waals surface area contributed by atoms with Crippen molar-refractivity contribution in [1.82, 2.24) is 5.32 Å². The lowest BCUT2D eigenvalue weighted by atomic mass is 10.1. The van der Waals surface area contributed by atoms with Gasteiger partial charge in [0.2, 0.25) is 0 Å². The Morgan fingerprint density at radius 1 is 0.931 bits per heavy atom. The minimum absolute atomic E-state index is 0.173. The molecule has 0 spiro atoms. The fourth-order valence-corrected chi connectivity index (χ4v) is 3.29. The van der Waals surface area contributed by atoms with E-state index in [1.807, 2.05) is 31.2 Å². The highest BCUT2D eigenvalue weighted by molar-refractivity contribution is 14.1. The van der Waals surface area contributed by atoms with Crippen LogP contribution in [0.5, 0.6) is 0 Å². The summed E-state index contributed by atoms with van der Waals surface area (Å²) in [4.78, 5) is 38.3. The molecule has 1 aliphatic heterocycles. The molecule has 3 aromatic rings. The van der Waals surface area contributed by atoms with Crippen LogP contribution in [-0.4, -0.2) is 17.8 Å². The summed E-state index contributed by atoms with van der Waals surface area (Å²) in [6.45, 7) is 1.90. The van der Waals surface area contributed by atoms with Crippen LogP contribution in [0.1, 0.15) is 11.3 Å². The van der Waals surface area contributed by atoms with E-state index in [0.29, 0.717) is 17.2 Å². The zero-order chi connectivity index (χ0) is 20.5. The third-order valence-electron chi connectivity index (χ3n) is 4.44. The van der Waals surface area contributed by atoms with Gasteiger partial charge in [-0.15, -0.1) is 0 Å². The second-order valence-electron chi connectivity index (χ2n) is 6.50. The predicted molar refractivity (Wildman–Crippen MR) is 117 cm³/mol. The van der Waals surface area contributed by atoms with Crippen molar-refractivity contribution >= 4 is 52.2 Å². The molecule has 0 aliphatic carbocycles. The number of aryl methyl sites for hydroxylation is 1. The Bertz CT molecular complexity index is 1140. The van der Waals surface area contributed by atoms with Gasteiger partial charge in [-0.05, 0) is 72.0 Å². The van der Waals surface area contributed by atoms with Crippen LogP contribution in [0.3, 0.4) is 0 Å². The van der Waals surface area contributed by atoms with Gasteiger partial charge in [0, 0.05) is 9.13 Å². The first-order valence-corrected chi connectivity index (χ1v) is 9.84. The first-order valence-electron chi connectivity index (χ1n) is 8.76. The summed E-state index contributed by atoms with van der Waals surface area (Å²) in [7, 11) is 0. The van der Waals surface area contributed by atoms with Gasteiger partial charge in [0.15, 0.2) is 0 Å². The number of imide groups is 2. The van der Waals surface area contributed by atoms with E-state index in [1.165, 1.54) is 6.08 Å². The highest BCUT2D eigenvalue weighted by Gasteiger charge is 2.37. The number of nitrogens with one attached hydrogen (secondary N) is 1. The van der Waals surface area contributed by atoms with Gasteiger partial charge in [0.25, 0.3) is 11.8 Å². The van der Waals surface area contributed by atoms with Crippen molar-refractivity contribution in [2.24, 2.45) is 0 Å². The number of rotatable bonds is 3. The molecule has 1 N–H and O–H groups in total. The van der Waals surface area contributed by atoms with Crippen molar-refractivity contribution in [1.29, 1.82) is 0 Å². The molecule has 0 saturated carbocycles. The van der Waals surface area contributed by atoms with E-state index < -0.39 is 17.8 Å². The largest absolute Gasteiger partial charge is 0.457 e. The van der Waals surface area contributed by atoms with Crippen molar-refractivity contribution < 1.29 is 18.8 Å². The molecule has 0 unspecified atom stereocenters. The summed E-state index contributed by atoms with van der Waals surface area (Å²) in [6, 6.07) is 17.3. The van der Waals surface area contributed by atoms with Crippen LogP contribution in [0, 0.1) is 10.5 Å². The van der Waals surface area contributed by atoms with Crippen LogP contribution in [0.2, 0.25) is 0 Å². The van der Waals surface area contributed by atoms with Crippen LogP contribution >= 0.6 is 22.6 Å². The smallest absolute Gasteiger partial charge is 0.335 e. The Balaban J connectivity index is 1.66. The minimum atomic E-state index is -0.778. The average Bonchev–Trinajstić information content (AvgIpc) is 3.16. The van der Waals surface area contributed by atoms with E-state index in [0.717, 1.165) is 19.6 Å². The number of carbonyl (C=O) groups excluding carboxylic acids is 3. The molecule has 6 nitrogen and oxygen atoms in total. The van der Waals surface area contributed by atoms with Gasteiger partial charge in [-0.2, -0.15) is 0 Å².